The van der Waals surface area contributed by atoms with E-state index in [-0.39, 0.29) is 12.2 Å². The van der Waals surface area contributed by atoms with E-state index in [1.54, 1.807) is 0 Å². The molecule has 7 nitrogen and oxygen atoms in total. The lowest BCUT2D eigenvalue weighted by atomic mass is 10.2. The van der Waals surface area contributed by atoms with Crippen molar-refractivity contribution in [3.05, 3.63) is 29.6 Å². The second-order valence-corrected chi connectivity index (χ2v) is 3.86. The van der Waals surface area contributed by atoms with Gasteiger partial charge >= 0.3 is 18.0 Å². The van der Waals surface area contributed by atoms with Gasteiger partial charge in [0.1, 0.15) is 12.4 Å². The molecule has 8 heteroatoms. The number of aromatic carboxylic acids is 1. The zero-order chi connectivity index (χ0) is 15.3. The van der Waals surface area contributed by atoms with Crippen molar-refractivity contribution in [2.75, 3.05) is 26.0 Å². The first-order chi connectivity index (χ1) is 9.35. The minimum atomic E-state index is -1.44. The van der Waals surface area contributed by atoms with Gasteiger partial charge in [-0.3, -0.25) is 4.79 Å². The number of carboxylic acids is 1. The van der Waals surface area contributed by atoms with Crippen LogP contribution < -0.4 is 5.32 Å². The van der Waals surface area contributed by atoms with Crippen molar-refractivity contribution in [2.24, 2.45) is 0 Å². The summed E-state index contributed by atoms with van der Waals surface area (Å²) in [6.45, 7) is -0.269. The first kappa shape index (κ1) is 15.4. The SMILES string of the molecule is COC(=O)CN(C)C(=O)Nc1ccc(F)c(C(=O)O)c1. The van der Waals surface area contributed by atoms with Gasteiger partial charge in [0, 0.05) is 12.7 Å². The number of nitrogens with zero attached hydrogens (tertiary/aromatic N) is 1. The molecule has 0 aromatic heterocycles. The van der Waals surface area contributed by atoms with Crippen molar-refractivity contribution in [3.63, 3.8) is 0 Å². The zero-order valence-corrected chi connectivity index (χ0v) is 10.8. The molecule has 0 unspecified atom stereocenters. The number of anilines is 1. The van der Waals surface area contributed by atoms with Crippen LogP contribution in [-0.4, -0.2) is 48.7 Å². The van der Waals surface area contributed by atoms with Crippen molar-refractivity contribution >= 4 is 23.7 Å². The maximum absolute atomic E-state index is 13.2. The highest BCUT2D eigenvalue weighted by Gasteiger charge is 2.15. The molecule has 20 heavy (non-hydrogen) atoms. The molecule has 0 radical (unpaired) electrons. The number of likely N-dealkylation sites (N-methyl/N-ethyl adjacent to an activating group) is 1. The molecule has 1 aromatic carbocycles. The summed E-state index contributed by atoms with van der Waals surface area (Å²) in [7, 11) is 2.54. The molecule has 0 aliphatic rings. The van der Waals surface area contributed by atoms with Crippen LogP contribution in [0.25, 0.3) is 0 Å². The minimum Gasteiger partial charge on any atom is -0.478 e. The monoisotopic (exact) mass is 284 g/mol. The van der Waals surface area contributed by atoms with Crippen LogP contribution in [-0.2, 0) is 9.53 Å². The summed E-state index contributed by atoms with van der Waals surface area (Å²) in [4.78, 5) is 34.5. The van der Waals surface area contributed by atoms with Gasteiger partial charge in [0.05, 0.1) is 12.7 Å². The standard InChI is InChI=1S/C12H13FN2O5/c1-15(6-10(16)20-2)12(19)14-7-3-4-9(13)8(5-7)11(17)18/h3-5H,6H2,1-2H3,(H,14,19)(H,17,18). The van der Waals surface area contributed by atoms with E-state index in [4.69, 9.17) is 5.11 Å². The predicted molar refractivity (Wildman–Crippen MR) is 67.0 cm³/mol. The Balaban J connectivity index is 2.78. The lowest BCUT2D eigenvalue weighted by Crippen LogP contribution is -2.36. The molecule has 0 bridgehead atoms. The summed E-state index contributed by atoms with van der Waals surface area (Å²) in [5.41, 5.74) is -0.455. The van der Waals surface area contributed by atoms with E-state index in [1.165, 1.54) is 20.2 Å². The second kappa shape index (κ2) is 6.50. The Hall–Kier alpha value is -2.64. The molecule has 0 fully saturated rings. The highest BCUT2D eigenvalue weighted by Crippen LogP contribution is 2.15. The van der Waals surface area contributed by atoms with Crippen LogP contribution in [0, 0.1) is 5.82 Å². The Morgan fingerprint density at radius 3 is 2.60 bits per heavy atom. The molecular weight excluding hydrogens is 271 g/mol. The molecule has 108 valence electrons. The molecule has 0 saturated carbocycles. The molecule has 1 rings (SSSR count). The summed E-state index contributed by atoms with van der Waals surface area (Å²) < 4.78 is 17.6. The molecule has 0 saturated heterocycles. The maximum atomic E-state index is 13.2. The third-order valence-corrected chi connectivity index (χ3v) is 2.39. The maximum Gasteiger partial charge on any atom is 0.338 e. The lowest BCUT2D eigenvalue weighted by Gasteiger charge is -2.16. The number of rotatable bonds is 4. The molecule has 1 aromatic rings. The second-order valence-electron chi connectivity index (χ2n) is 3.86. The van der Waals surface area contributed by atoms with Crippen LogP contribution in [0.3, 0.4) is 0 Å². The van der Waals surface area contributed by atoms with Gasteiger partial charge in [-0.25, -0.2) is 14.0 Å². The molecule has 0 aliphatic carbocycles. The molecule has 2 N–H and O–H groups in total. The molecule has 0 atom stereocenters. The highest BCUT2D eigenvalue weighted by atomic mass is 19.1. The van der Waals surface area contributed by atoms with Gasteiger partial charge in [0.25, 0.3) is 0 Å². The van der Waals surface area contributed by atoms with Gasteiger partial charge in [-0.15, -0.1) is 0 Å². The van der Waals surface area contributed by atoms with Crippen LogP contribution in [0.5, 0.6) is 0 Å². The summed E-state index contributed by atoms with van der Waals surface area (Å²) in [6.07, 6.45) is 0. The molecule has 0 heterocycles. The molecule has 0 spiro atoms. The van der Waals surface area contributed by atoms with E-state index in [1.807, 2.05) is 0 Å². The Kier molecular flexibility index (Phi) is 5.01. The van der Waals surface area contributed by atoms with Gasteiger partial charge in [-0.1, -0.05) is 0 Å². The number of carbonyl (C=O) groups is 3. The fraction of sp³-hybridized carbons (Fsp3) is 0.250. The van der Waals surface area contributed by atoms with Crippen molar-refractivity contribution in [3.8, 4) is 0 Å². The highest BCUT2D eigenvalue weighted by molar-refractivity contribution is 5.94. The number of benzene rings is 1. The number of halogens is 1. The van der Waals surface area contributed by atoms with E-state index in [9.17, 15) is 18.8 Å². The van der Waals surface area contributed by atoms with E-state index >= 15 is 0 Å². The van der Waals surface area contributed by atoms with Gasteiger partial charge < -0.3 is 20.1 Å². The van der Waals surface area contributed by atoms with E-state index < -0.39 is 29.4 Å². The normalized spacial score (nSPS) is 9.75. The van der Waals surface area contributed by atoms with Gasteiger partial charge in [-0.05, 0) is 18.2 Å². The number of carboxylic acid groups (broad SMARTS) is 1. The first-order valence-electron chi connectivity index (χ1n) is 5.47. The van der Waals surface area contributed by atoms with Crippen LogP contribution in [0.4, 0.5) is 14.9 Å². The molecule has 2 amide bonds. The number of carbonyl (C=O) groups excluding carboxylic acids is 2. The number of urea groups is 1. The molecule has 0 aliphatic heterocycles. The van der Waals surface area contributed by atoms with Crippen molar-refractivity contribution in [2.45, 2.75) is 0 Å². The average Bonchev–Trinajstić information content (AvgIpc) is 2.40. The summed E-state index contributed by atoms with van der Waals surface area (Å²) in [5, 5.41) is 11.1. The van der Waals surface area contributed by atoms with Crippen molar-refractivity contribution in [1.82, 2.24) is 4.90 Å². The number of hydrogen-bond donors (Lipinski definition) is 2. The Morgan fingerprint density at radius 1 is 1.40 bits per heavy atom. The van der Waals surface area contributed by atoms with Crippen molar-refractivity contribution in [1.29, 1.82) is 0 Å². The Bertz CT molecular complexity index is 547. The average molecular weight is 284 g/mol. The fourth-order valence-corrected chi connectivity index (χ4v) is 1.32. The predicted octanol–water partition coefficient (Wildman–Crippen LogP) is 1.16. The van der Waals surface area contributed by atoms with E-state index in [2.05, 4.69) is 10.1 Å². The molecular formula is C12H13FN2O5. The van der Waals surface area contributed by atoms with Crippen LogP contribution in [0.2, 0.25) is 0 Å². The minimum absolute atomic E-state index is 0.102. The number of nitrogens with one attached hydrogen (secondary N) is 1. The number of hydrogen-bond acceptors (Lipinski definition) is 4. The van der Waals surface area contributed by atoms with Gasteiger partial charge in [-0.2, -0.15) is 0 Å². The number of ether oxygens (including phenoxy) is 1. The quantitative estimate of drug-likeness (QED) is 0.809. The third-order valence-electron chi connectivity index (χ3n) is 2.39. The topological polar surface area (TPSA) is 95.9 Å². The van der Waals surface area contributed by atoms with Crippen molar-refractivity contribution < 1.29 is 28.6 Å². The van der Waals surface area contributed by atoms with Gasteiger partial charge in [0.15, 0.2) is 0 Å². The van der Waals surface area contributed by atoms with Crippen LogP contribution in [0.15, 0.2) is 18.2 Å². The Labute approximate surface area is 113 Å². The summed E-state index contributed by atoms with van der Waals surface area (Å²) in [6, 6.07) is 2.48. The summed E-state index contributed by atoms with van der Waals surface area (Å²) >= 11 is 0. The third kappa shape index (κ3) is 3.94. The number of methoxy groups -OCH3 is 1. The number of esters is 1. The van der Waals surface area contributed by atoms with Gasteiger partial charge in [0.2, 0.25) is 0 Å². The smallest absolute Gasteiger partial charge is 0.338 e. The van der Waals surface area contributed by atoms with E-state index in [0.717, 1.165) is 17.0 Å². The van der Waals surface area contributed by atoms with Crippen LogP contribution >= 0.6 is 0 Å². The Morgan fingerprint density at radius 2 is 2.05 bits per heavy atom. The number of amides is 2. The summed E-state index contributed by atoms with van der Waals surface area (Å²) in [5.74, 6) is -2.95. The zero-order valence-electron chi connectivity index (χ0n) is 10.8. The van der Waals surface area contributed by atoms with Crippen LogP contribution in [0.1, 0.15) is 10.4 Å². The lowest BCUT2D eigenvalue weighted by molar-refractivity contribution is -0.140. The van der Waals surface area contributed by atoms with E-state index in [0.29, 0.717) is 0 Å². The fourth-order valence-electron chi connectivity index (χ4n) is 1.32. The first-order valence-corrected chi connectivity index (χ1v) is 5.47. The largest absolute Gasteiger partial charge is 0.478 e.